The van der Waals surface area contributed by atoms with E-state index in [4.69, 9.17) is 4.74 Å². The van der Waals surface area contributed by atoms with Gasteiger partial charge in [-0.15, -0.1) is 0 Å². The van der Waals surface area contributed by atoms with Gasteiger partial charge >= 0.3 is 5.97 Å². The second kappa shape index (κ2) is 8.96. The number of carbonyl (C=O) groups excluding carboxylic acids is 2. The maximum absolute atomic E-state index is 12.6. The smallest absolute Gasteiger partial charge is 0.309 e. The molecule has 1 amide bonds. The molecule has 166 valence electrons. The highest BCUT2D eigenvalue weighted by Gasteiger charge is 2.31. The molecular weight excluding hydrogens is 418 g/mol. The fourth-order valence-corrected chi connectivity index (χ4v) is 3.64. The number of aromatic amines is 1. The summed E-state index contributed by atoms with van der Waals surface area (Å²) in [5, 5.41) is 13.9. The molecule has 12 heteroatoms. The zero-order valence-corrected chi connectivity index (χ0v) is 17.2. The minimum Gasteiger partial charge on any atom is -0.452 e. The molecule has 0 spiro atoms. The monoisotopic (exact) mass is 439 g/mol. The number of ether oxygens (including phenoxy) is 1. The Hall–Kier alpha value is -4.09. The number of aromatic nitrogens is 4. The summed E-state index contributed by atoms with van der Waals surface area (Å²) in [6, 6.07) is 6.53. The van der Waals surface area contributed by atoms with Crippen LogP contribution in [0.25, 0.3) is 11.2 Å². The third-order valence-corrected chi connectivity index (χ3v) is 5.37. The molecule has 3 heterocycles. The molecule has 32 heavy (non-hydrogen) atoms. The average molecular weight is 439 g/mol. The van der Waals surface area contributed by atoms with Crippen LogP contribution in [0.2, 0.25) is 0 Å². The number of carbonyl (C=O) groups is 2. The van der Waals surface area contributed by atoms with E-state index in [-0.39, 0.29) is 17.4 Å². The molecule has 1 unspecified atom stereocenters. The zero-order valence-electron chi connectivity index (χ0n) is 17.2. The number of para-hydroxylation sites is 2. The molecule has 0 radical (unpaired) electrons. The third kappa shape index (κ3) is 4.33. The van der Waals surface area contributed by atoms with Gasteiger partial charge in [-0.1, -0.05) is 12.1 Å². The van der Waals surface area contributed by atoms with Gasteiger partial charge in [0.05, 0.1) is 17.2 Å². The van der Waals surface area contributed by atoms with Crippen LogP contribution in [0.1, 0.15) is 19.8 Å². The van der Waals surface area contributed by atoms with Crippen LogP contribution in [0.15, 0.2) is 36.9 Å². The summed E-state index contributed by atoms with van der Waals surface area (Å²) >= 11 is 0. The number of fused-ring (bicyclic) bond motifs is 1. The lowest BCUT2D eigenvalue weighted by Gasteiger charge is -2.32. The molecule has 0 bridgehead atoms. The van der Waals surface area contributed by atoms with Gasteiger partial charge in [0.15, 0.2) is 17.6 Å². The molecule has 2 aromatic heterocycles. The Morgan fingerprint density at radius 1 is 1.25 bits per heavy atom. The van der Waals surface area contributed by atoms with Gasteiger partial charge in [-0.3, -0.25) is 19.7 Å². The highest BCUT2D eigenvalue weighted by molar-refractivity contribution is 5.99. The number of hydrogen-bond donors (Lipinski definition) is 2. The number of anilines is 2. The molecule has 1 fully saturated rings. The standard InChI is InChI=1S/C20H21N7O5/c1-12(19(28)25-18-16-17(22-10-21-16)23-11-24-18)32-20(29)13-6-8-26(9-7-13)14-4-2-3-5-15(14)27(30)31/h2-5,10-13H,6-9H2,1H3,(H2,21,22,23,24,25,28). The first-order valence-electron chi connectivity index (χ1n) is 10.1. The summed E-state index contributed by atoms with van der Waals surface area (Å²) < 4.78 is 5.37. The van der Waals surface area contributed by atoms with Gasteiger partial charge in [-0.2, -0.15) is 0 Å². The van der Waals surface area contributed by atoms with Crippen molar-refractivity contribution >= 4 is 40.2 Å². The van der Waals surface area contributed by atoms with Crippen LogP contribution in [0, 0.1) is 16.0 Å². The molecule has 1 aromatic carbocycles. The minimum atomic E-state index is -1.02. The van der Waals surface area contributed by atoms with Crippen molar-refractivity contribution in [2.75, 3.05) is 23.3 Å². The number of amides is 1. The van der Waals surface area contributed by atoms with Crippen molar-refractivity contribution in [1.82, 2.24) is 19.9 Å². The first-order valence-corrected chi connectivity index (χ1v) is 10.1. The van der Waals surface area contributed by atoms with Gasteiger partial charge in [0, 0.05) is 19.2 Å². The lowest BCUT2D eigenvalue weighted by Crippen LogP contribution is -2.39. The number of imidazole rings is 1. The van der Waals surface area contributed by atoms with Crippen LogP contribution in [-0.4, -0.2) is 55.9 Å². The number of nitro benzene ring substituents is 1. The quantitative estimate of drug-likeness (QED) is 0.333. The van der Waals surface area contributed by atoms with Crippen molar-refractivity contribution in [1.29, 1.82) is 0 Å². The Morgan fingerprint density at radius 3 is 2.75 bits per heavy atom. The maximum Gasteiger partial charge on any atom is 0.309 e. The second-order valence-electron chi connectivity index (χ2n) is 7.40. The van der Waals surface area contributed by atoms with Crippen LogP contribution in [0.4, 0.5) is 17.2 Å². The number of hydrogen-bond acceptors (Lipinski definition) is 9. The molecule has 2 N–H and O–H groups in total. The van der Waals surface area contributed by atoms with Crippen molar-refractivity contribution < 1.29 is 19.2 Å². The summed E-state index contributed by atoms with van der Waals surface area (Å²) in [6.07, 6.45) is 2.64. The summed E-state index contributed by atoms with van der Waals surface area (Å²) in [5.74, 6) is -1.13. The Bertz CT molecular complexity index is 1160. The van der Waals surface area contributed by atoms with Gasteiger partial charge in [0.1, 0.15) is 17.5 Å². The van der Waals surface area contributed by atoms with Crippen molar-refractivity contribution in [3.8, 4) is 0 Å². The largest absolute Gasteiger partial charge is 0.452 e. The van der Waals surface area contributed by atoms with E-state index in [0.717, 1.165) is 0 Å². The Morgan fingerprint density at radius 2 is 2.00 bits per heavy atom. The van der Waals surface area contributed by atoms with E-state index in [1.165, 1.54) is 25.6 Å². The minimum absolute atomic E-state index is 0.0370. The third-order valence-electron chi connectivity index (χ3n) is 5.37. The fourth-order valence-electron chi connectivity index (χ4n) is 3.64. The van der Waals surface area contributed by atoms with Crippen LogP contribution in [-0.2, 0) is 14.3 Å². The highest BCUT2D eigenvalue weighted by Crippen LogP contribution is 2.31. The van der Waals surface area contributed by atoms with Gasteiger partial charge in [-0.25, -0.2) is 15.0 Å². The molecule has 1 saturated heterocycles. The van der Waals surface area contributed by atoms with Gasteiger partial charge in [0.2, 0.25) is 0 Å². The lowest BCUT2D eigenvalue weighted by atomic mass is 9.96. The number of nitrogens with one attached hydrogen (secondary N) is 2. The lowest BCUT2D eigenvalue weighted by molar-refractivity contribution is -0.384. The summed E-state index contributed by atoms with van der Waals surface area (Å²) in [4.78, 5) is 52.6. The molecular formula is C20H21N7O5. The topological polar surface area (TPSA) is 156 Å². The predicted molar refractivity (Wildman–Crippen MR) is 114 cm³/mol. The van der Waals surface area contributed by atoms with Gasteiger partial charge in [0.25, 0.3) is 11.6 Å². The Labute approximate surface area is 182 Å². The number of benzene rings is 1. The van der Waals surface area contributed by atoms with E-state index in [0.29, 0.717) is 42.8 Å². The molecule has 1 atom stereocenters. The summed E-state index contributed by atoms with van der Waals surface area (Å²) in [5.41, 5.74) is 1.45. The zero-order chi connectivity index (χ0) is 22.7. The SMILES string of the molecule is CC(OC(=O)C1CCN(c2ccccc2[N+](=O)[O-])CC1)C(=O)Nc1ncnc2nc[nH]c12. The Kier molecular flexibility index (Phi) is 5.92. The predicted octanol–water partition coefficient (Wildman–Crippen LogP) is 2.05. The van der Waals surface area contributed by atoms with Crippen molar-refractivity contribution in [2.24, 2.45) is 5.92 Å². The van der Waals surface area contributed by atoms with Crippen LogP contribution >= 0.6 is 0 Å². The van der Waals surface area contributed by atoms with Crippen LogP contribution in [0.3, 0.4) is 0 Å². The molecule has 0 saturated carbocycles. The molecule has 3 aromatic rings. The number of esters is 1. The van der Waals surface area contributed by atoms with Gasteiger partial charge in [-0.05, 0) is 25.8 Å². The number of rotatable bonds is 6. The van der Waals surface area contributed by atoms with E-state index in [1.807, 2.05) is 4.90 Å². The summed E-state index contributed by atoms with van der Waals surface area (Å²) in [6.45, 7) is 2.44. The van der Waals surface area contributed by atoms with E-state index in [1.54, 1.807) is 18.2 Å². The number of piperidine rings is 1. The van der Waals surface area contributed by atoms with E-state index >= 15 is 0 Å². The van der Waals surface area contributed by atoms with E-state index in [2.05, 4.69) is 25.3 Å². The van der Waals surface area contributed by atoms with E-state index in [9.17, 15) is 19.7 Å². The number of nitro groups is 1. The summed E-state index contributed by atoms with van der Waals surface area (Å²) in [7, 11) is 0. The van der Waals surface area contributed by atoms with Crippen molar-refractivity contribution in [3.05, 3.63) is 47.0 Å². The second-order valence-corrected chi connectivity index (χ2v) is 7.40. The van der Waals surface area contributed by atoms with E-state index < -0.39 is 22.9 Å². The Balaban J connectivity index is 1.32. The molecule has 4 rings (SSSR count). The molecule has 0 aliphatic carbocycles. The normalized spacial score (nSPS) is 15.3. The van der Waals surface area contributed by atoms with Crippen molar-refractivity contribution in [2.45, 2.75) is 25.9 Å². The van der Waals surface area contributed by atoms with Gasteiger partial charge < -0.3 is 19.9 Å². The van der Waals surface area contributed by atoms with Crippen LogP contribution in [0.5, 0.6) is 0 Å². The maximum atomic E-state index is 12.6. The first kappa shape index (κ1) is 21.2. The fraction of sp³-hybridized carbons (Fsp3) is 0.350. The number of nitrogens with zero attached hydrogens (tertiary/aromatic N) is 5. The first-order chi connectivity index (χ1) is 15.4. The number of H-pyrrole nitrogens is 1. The van der Waals surface area contributed by atoms with Crippen molar-refractivity contribution in [3.63, 3.8) is 0 Å². The molecule has 1 aliphatic rings. The van der Waals surface area contributed by atoms with Crippen LogP contribution < -0.4 is 10.2 Å². The molecule has 12 nitrogen and oxygen atoms in total. The molecule has 1 aliphatic heterocycles. The highest BCUT2D eigenvalue weighted by atomic mass is 16.6. The average Bonchev–Trinajstić information content (AvgIpc) is 3.29.